The van der Waals surface area contributed by atoms with Crippen LogP contribution in [0, 0.1) is 0 Å². The van der Waals surface area contributed by atoms with Crippen LogP contribution in [0.3, 0.4) is 0 Å². The summed E-state index contributed by atoms with van der Waals surface area (Å²) < 4.78 is 5.60. The number of para-hydroxylation sites is 1. The van der Waals surface area contributed by atoms with Gasteiger partial charge in [0.25, 0.3) is 0 Å². The van der Waals surface area contributed by atoms with E-state index in [-0.39, 0.29) is 0 Å². The number of fused-ring (bicyclic) bond motifs is 2. The zero-order valence-corrected chi connectivity index (χ0v) is 17.1. The average molecular weight is 377 g/mol. The molecule has 3 nitrogen and oxygen atoms in total. The first kappa shape index (κ1) is 19.1. The van der Waals surface area contributed by atoms with E-state index < -0.39 is 0 Å². The topological polar surface area (TPSA) is 37.0 Å². The summed E-state index contributed by atoms with van der Waals surface area (Å²) in [6, 6.07) is 16.2. The van der Waals surface area contributed by atoms with Gasteiger partial charge in [-0.3, -0.25) is 0 Å². The van der Waals surface area contributed by atoms with Gasteiger partial charge in [-0.15, -0.1) is 0 Å². The van der Waals surface area contributed by atoms with Gasteiger partial charge in [-0.05, 0) is 73.8 Å². The van der Waals surface area contributed by atoms with E-state index in [1.54, 1.807) is 7.11 Å². The lowest BCUT2D eigenvalue weighted by Crippen LogP contribution is -2.41. The van der Waals surface area contributed by atoms with E-state index in [1.807, 2.05) is 0 Å². The third kappa shape index (κ3) is 4.10. The highest BCUT2D eigenvalue weighted by Gasteiger charge is 2.23. The van der Waals surface area contributed by atoms with Crippen molar-refractivity contribution in [2.24, 2.45) is 0 Å². The molecule has 0 fully saturated rings. The maximum Gasteiger partial charge on any atom is 0.122 e. The van der Waals surface area contributed by atoms with E-state index in [9.17, 15) is 0 Å². The third-order valence-electron chi connectivity index (χ3n) is 6.30. The van der Waals surface area contributed by atoms with Crippen LogP contribution in [0.1, 0.15) is 49.3 Å². The standard InChI is InChI=1S/C25H32N2O/c1-3-20(10-6-9-19-17-26-24-12-5-4-11-22(19)24)27-21-15-14-18-8-7-13-25(28-2)23(18)16-21/h4-5,7-8,11-13,17,20-21,26-27H,3,6,9-10,14-16H2,1-2H3. The van der Waals surface area contributed by atoms with Gasteiger partial charge in [-0.2, -0.15) is 0 Å². The SMILES string of the molecule is CCC(CCCc1c[nH]c2ccccc12)NC1CCc2cccc(OC)c2C1. The molecule has 28 heavy (non-hydrogen) atoms. The fraction of sp³-hybridized carbons (Fsp3) is 0.440. The number of ether oxygens (including phenoxy) is 1. The first-order valence-electron chi connectivity index (χ1n) is 10.7. The number of nitrogens with one attached hydrogen (secondary N) is 2. The summed E-state index contributed by atoms with van der Waals surface area (Å²) in [5.41, 5.74) is 5.56. The van der Waals surface area contributed by atoms with Gasteiger partial charge >= 0.3 is 0 Å². The maximum atomic E-state index is 5.60. The minimum atomic E-state index is 0.557. The lowest BCUT2D eigenvalue weighted by Gasteiger charge is -2.30. The van der Waals surface area contributed by atoms with Crippen LogP contribution in [-0.2, 0) is 19.3 Å². The number of aromatic nitrogens is 1. The molecule has 0 saturated carbocycles. The van der Waals surface area contributed by atoms with Crippen LogP contribution in [0.2, 0.25) is 0 Å². The summed E-state index contributed by atoms with van der Waals surface area (Å²) in [5.74, 6) is 1.05. The molecule has 3 heteroatoms. The normalized spacial score (nSPS) is 17.4. The van der Waals surface area contributed by atoms with Crippen LogP contribution in [0.5, 0.6) is 5.75 Å². The Bertz CT molecular complexity index is 900. The van der Waals surface area contributed by atoms with Crippen molar-refractivity contribution in [2.75, 3.05) is 7.11 Å². The molecule has 4 rings (SSSR count). The molecule has 0 radical (unpaired) electrons. The van der Waals surface area contributed by atoms with Crippen molar-refractivity contribution in [2.45, 2.75) is 64.0 Å². The number of methoxy groups -OCH3 is 1. The highest BCUT2D eigenvalue weighted by molar-refractivity contribution is 5.82. The lowest BCUT2D eigenvalue weighted by molar-refractivity contribution is 0.355. The number of benzene rings is 2. The molecule has 2 aromatic carbocycles. The number of H-pyrrole nitrogens is 1. The van der Waals surface area contributed by atoms with Crippen molar-refractivity contribution in [3.05, 3.63) is 65.4 Å². The van der Waals surface area contributed by atoms with Crippen molar-refractivity contribution < 1.29 is 4.74 Å². The first-order chi connectivity index (χ1) is 13.8. The van der Waals surface area contributed by atoms with E-state index in [4.69, 9.17) is 4.74 Å². The van der Waals surface area contributed by atoms with Crippen molar-refractivity contribution in [3.63, 3.8) is 0 Å². The quantitative estimate of drug-likeness (QED) is 0.550. The highest BCUT2D eigenvalue weighted by atomic mass is 16.5. The molecule has 1 aromatic heterocycles. The Balaban J connectivity index is 1.32. The van der Waals surface area contributed by atoms with E-state index in [0.29, 0.717) is 12.1 Å². The van der Waals surface area contributed by atoms with E-state index >= 15 is 0 Å². The summed E-state index contributed by atoms with van der Waals surface area (Å²) >= 11 is 0. The van der Waals surface area contributed by atoms with Crippen molar-refractivity contribution in [1.82, 2.24) is 10.3 Å². The fourth-order valence-corrected chi connectivity index (χ4v) is 4.70. The predicted octanol–water partition coefficient (Wildman–Crippen LogP) is 5.42. The van der Waals surface area contributed by atoms with Gasteiger partial charge in [-0.25, -0.2) is 0 Å². The molecule has 0 amide bonds. The Labute approximate surface area is 168 Å². The molecule has 1 heterocycles. The van der Waals surface area contributed by atoms with Crippen LogP contribution in [0.15, 0.2) is 48.7 Å². The minimum absolute atomic E-state index is 0.557. The molecule has 3 aromatic rings. The minimum Gasteiger partial charge on any atom is -0.496 e. The molecule has 148 valence electrons. The summed E-state index contributed by atoms with van der Waals surface area (Å²) in [5, 5.41) is 5.33. The monoisotopic (exact) mass is 376 g/mol. The van der Waals surface area contributed by atoms with Gasteiger partial charge in [0.15, 0.2) is 0 Å². The van der Waals surface area contributed by atoms with E-state index in [0.717, 1.165) is 25.0 Å². The van der Waals surface area contributed by atoms with Gasteiger partial charge in [-0.1, -0.05) is 37.3 Å². The number of hydrogen-bond acceptors (Lipinski definition) is 2. The Hall–Kier alpha value is -2.26. The molecule has 1 aliphatic carbocycles. The Morgan fingerprint density at radius 3 is 2.93 bits per heavy atom. The molecule has 0 spiro atoms. The molecule has 1 aliphatic rings. The summed E-state index contributed by atoms with van der Waals surface area (Å²) in [4.78, 5) is 3.40. The molecule has 0 bridgehead atoms. The van der Waals surface area contributed by atoms with Crippen molar-refractivity contribution in [3.8, 4) is 5.75 Å². The number of rotatable bonds is 8. The fourth-order valence-electron chi connectivity index (χ4n) is 4.70. The third-order valence-corrected chi connectivity index (χ3v) is 6.30. The molecular formula is C25H32N2O. The molecule has 2 atom stereocenters. The maximum absolute atomic E-state index is 5.60. The zero-order valence-electron chi connectivity index (χ0n) is 17.1. The van der Waals surface area contributed by atoms with Crippen LogP contribution < -0.4 is 10.1 Å². The predicted molar refractivity (Wildman–Crippen MR) is 117 cm³/mol. The highest BCUT2D eigenvalue weighted by Crippen LogP contribution is 2.30. The second-order valence-electron chi connectivity index (χ2n) is 8.06. The first-order valence-corrected chi connectivity index (χ1v) is 10.7. The van der Waals surface area contributed by atoms with Gasteiger partial charge in [0.1, 0.15) is 5.75 Å². The second kappa shape index (κ2) is 8.83. The molecule has 2 unspecified atom stereocenters. The van der Waals surface area contributed by atoms with Crippen LogP contribution in [-0.4, -0.2) is 24.2 Å². The molecule has 0 aliphatic heterocycles. The Morgan fingerprint density at radius 1 is 1.18 bits per heavy atom. The van der Waals surface area contributed by atoms with Gasteiger partial charge in [0.05, 0.1) is 7.11 Å². The van der Waals surface area contributed by atoms with Crippen LogP contribution in [0.4, 0.5) is 0 Å². The smallest absolute Gasteiger partial charge is 0.122 e. The number of aromatic amines is 1. The molecule has 0 saturated heterocycles. The van der Waals surface area contributed by atoms with Crippen LogP contribution >= 0.6 is 0 Å². The van der Waals surface area contributed by atoms with Crippen LogP contribution in [0.25, 0.3) is 10.9 Å². The van der Waals surface area contributed by atoms with Crippen molar-refractivity contribution in [1.29, 1.82) is 0 Å². The second-order valence-corrected chi connectivity index (χ2v) is 8.06. The van der Waals surface area contributed by atoms with Gasteiger partial charge in [0.2, 0.25) is 0 Å². The van der Waals surface area contributed by atoms with E-state index in [1.165, 1.54) is 53.3 Å². The average Bonchev–Trinajstić information content (AvgIpc) is 3.15. The Kier molecular flexibility index (Phi) is 6.01. The summed E-state index contributed by atoms with van der Waals surface area (Å²) in [6.45, 7) is 2.31. The zero-order chi connectivity index (χ0) is 19.3. The summed E-state index contributed by atoms with van der Waals surface area (Å²) in [6.07, 6.45) is 10.4. The van der Waals surface area contributed by atoms with E-state index in [2.05, 4.69) is 65.9 Å². The van der Waals surface area contributed by atoms with Crippen molar-refractivity contribution >= 4 is 10.9 Å². The lowest BCUT2D eigenvalue weighted by atomic mass is 9.87. The summed E-state index contributed by atoms with van der Waals surface area (Å²) in [7, 11) is 1.78. The number of hydrogen-bond donors (Lipinski definition) is 2. The van der Waals surface area contributed by atoms with Gasteiger partial charge in [0, 0.05) is 29.2 Å². The number of aryl methyl sites for hydroxylation is 2. The molecular weight excluding hydrogens is 344 g/mol. The molecule has 2 N–H and O–H groups in total. The largest absolute Gasteiger partial charge is 0.496 e. The Morgan fingerprint density at radius 2 is 2.07 bits per heavy atom. The van der Waals surface area contributed by atoms with Gasteiger partial charge < -0.3 is 15.0 Å².